The van der Waals surface area contributed by atoms with Crippen LogP contribution in [0.5, 0.6) is 0 Å². The quantitative estimate of drug-likeness (QED) is 0.702. The number of carbonyl (C=O) groups is 1. The Balaban J connectivity index is 2.23. The maximum Gasteiger partial charge on any atom is 0.333 e. The molecule has 5 nitrogen and oxygen atoms in total. The van der Waals surface area contributed by atoms with E-state index in [-0.39, 0.29) is 6.03 Å². The second kappa shape index (κ2) is 3.91. The highest BCUT2D eigenvalue weighted by Gasteiger charge is 2.11. The van der Waals surface area contributed by atoms with Gasteiger partial charge in [-0.15, -0.1) is 0 Å². The molecule has 0 fully saturated rings. The van der Waals surface area contributed by atoms with Gasteiger partial charge in [0.05, 0.1) is 0 Å². The van der Waals surface area contributed by atoms with Gasteiger partial charge in [-0.3, -0.25) is 14.5 Å². The van der Waals surface area contributed by atoms with Crippen LogP contribution in [0.3, 0.4) is 0 Å². The van der Waals surface area contributed by atoms with Crippen LogP contribution < -0.4 is 4.90 Å². The molecular weight excluding hydrogens is 192 g/mol. The van der Waals surface area contributed by atoms with Gasteiger partial charge < -0.3 is 0 Å². The number of imidazole rings is 1. The molecular formula is C10H10N4O. The zero-order chi connectivity index (χ0) is 10.7. The van der Waals surface area contributed by atoms with Crippen LogP contribution in [0.25, 0.3) is 0 Å². The molecule has 0 saturated heterocycles. The summed E-state index contributed by atoms with van der Waals surface area (Å²) in [7, 11) is 1.71. The third-order valence-corrected chi connectivity index (χ3v) is 2.06. The van der Waals surface area contributed by atoms with Crippen LogP contribution in [-0.2, 0) is 0 Å². The molecule has 0 aromatic carbocycles. The SMILES string of the molecule is CN(C(=O)n1ccnc1)c1ccncc1. The normalized spacial score (nSPS) is 9.93. The average molecular weight is 202 g/mol. The van der Waals surface area contributed by atoms with Crippen LogP contribution in [0.2, 0.25) is 0 Å². The topological polar surface area (TPSA) is 51.0 Å². The van der Waals surface area contributed by atoms with Crippen LogP contribution in [0, 0.1) is 0 Å². The lowest BCUT2D eigenvalue weighted by Crippen LogP contribution is -2.30. The molecule has 5 heteroatoms. The molecule has 1 amide bonds. The predicted octanol–water partition coefficient (Wildman–Crippen LogP) is 1.38. The molecule has 2 aromatic rings. The number of pyridine rings is 1. The zero-order valence-electron chi connectivity index (χ0n) is 8.24. The third-order valence-electron chi connectivity index (χ3n) is 2.06. The molecule has 0 atom stereocenters. The first kappa shape index (κ1) is 9.39. The van der Waals surface area contributed by atoms with Gasteiger partial charge in [0.1, 0.15) is 6.33 Å². The fourth-order valence-corrected chi connectivity index (χ4v) is 1.22. The van der Waals surface area contributed by atoms with Crippen molar-refractivity contribution in [1.29, 1.82) is 0 Å². The van der Waals surface area contributed by atoms with E-state index >= 15 is 0 Å². The average Bonchev–Trinajstić information content (AvgIpc) is 2.82. The minimum absolute atomic E-state index is 0.154. The van der Waals surface area contributed by atoms with Crippen molar-refractivity contribution in [2.75, 3.05) is 11.9 Å². The van der Waals surface area contributed by atoms with Gasteiger partial charge >= 0.3 is 6.03 Å². The van der Waals surface area contributed by atoms with Gasteiger partial charge in [-0.25, -0.2) is 9.78 Å². The molecule has 0 saturated carbocycles. The number of hydrogen-bond acceptors (Lipinski definition) is 3. The monoisotopic (exact) mass is 202 g/mol. The van der Waals surface area contributed by atoms with Crippen molar-refractivity contribution < 1.29 is 4.79 Å². The van der Waals surface area contributed by atoms with Crippen LogP contribution in [0.15, 0.2) is 43.2 Å². The first-order valence-electron chi connectivity index (χ1n) is 4.45. The van der Waals surface area contributed by atoms with Crippen molar-refractivity contribution in [3.8, 4) is 0 Å². The Morgan fingerprint density at radius 3 is 2.60 bits per heavy atom. The van der Waals surface area contributed by atoms with Gasteiger partial charge in [0.25, 0.3) is 0 Å². The summed E-state index contributed by atoms with van der Waals surface area (Å²) in [4.78, 5) is 21.1. The number of aromatic nitrogens is 3. The van der Waals surface area contributed by atoms with E-state index in [4.69, 9.17) is 0 Å². The molecule has 76 valence electrons. The molecule has 0 N–H and O–H groups in total. The van der Waals surface area contributed by atoms with E-state index in [1.807, 2.05) is 0 Å². The zero-order valence-corrected chi connectivity index (χ0v) is 8.24. The van der Waals surface area contributed by atoms with E-state index < -0.39 is 0 Å². The largest absolute Gasteiger partial charge is 0.333 e. The summed E-state index contributed by atoms with van der Waals surface area (Å²) in [6.45, 7) is 0. The van der Waals surface area contributed by atoms with E-state index in [1.54, 1.807) is 44.0 Å². The number of anilines is 1. The maximum absolute atomic E-state index is 11.8. The second-order valence-corrected chi connectivity index (χ2v) is 3.02. The first-order chi connectivity index (χ1) is 7.29. The van der Waals surface area contributed by atoms with Gasteiger partial charge in [0, 0.05) is 37.5 Å². The minimum atomic E-state index is -0.154. The summed E-state index contributed by atoms with van der Waals surface area (Å²) >= 11 is 0. The first-order valence-corrected chi connectivity index (χ1v) is 4.45. The molecule has 0 radical (unpaired) electrons. The van der Waals surface area contributed by atoms with Gasteiger partial charge in [-0.2, -0.15) is 0 Å². The lowest BCUT2D eigenvalue weighted by atomic mass is 10.4. The third kappa shape index (κ3) is 1.85. The predicted molar refractivity (Wildman–Crippen MR) is 55.7 cm³/mol. The van der Waals surface area contributed by atoms with Crippen LogP contribution in [0.4, 0.5) is 10.5 Å². The fraction of sp³-hybridized carbons (Fsp3) is 0.100. The van der Waals surface area contributed by atoms with E-state index in [1.165, 1.54) is 15.8 Å². The van der Waals surface area contributed by atoms with E-state index in [0.717, 1.165) is 5.69 Å². The lowest BCUT2D eigenvalue weighted by Gasteiger charge is -2.16. The number of amides is 1. The minimum Gasteiger partial charge on any atom is -0.297 e. The molecule has 2 aromatic heterocycles. The van der Waals surface area contributed by atoms with E-state index in [2.05, 4.69) is 9.97 Å². The number of hydrogen-bond donors (Lipinski definition) is 0. The summed E-state index contributed by atoms with van der Waals surface area (Å²) in [6.07, 6.45) is 7.94. The maximum atomic E-state index is 11.8. The van der Waals surface area contributed by atoms with Crippen molar-refractivity contribution >= 4 is 11.7 Å². The van der Waals surface area contributed by atoms with Gasteiger partial charge in [0.15, 0.2) is 0 Å². The van der Waals surface area contributed by atoms with Gasteiger partial charge in [-0.05, 0) is 12.1 Å². The summed E-state index contributed by atoms with van der Waals surface area (Å²) in [5, 5.41) is 0. The van der Waals surface area contributed by atoms with Gasteiger partial charge in [-0.1, -0.05) is 0 Å². The second-order valence-electron chi connectivity index (χ2n) is 3.02. The fourth-order valence-electron chi connectivity index (χ4n) is 1.22. The summed E-state index contributed by atoms with van der Waals surface area (Å²) in [5.74, 6) is 0. The van der Waals surface area contributed by atoms with Crippen molar-refractivity contribution in [2.24, 2.45) is 0 Å². The summed E-state index contributed by atoms with van der Waals surface area (Å²) < 4.78 is 1.42. The highest BCUT2D eigenvalue weighted by molar-refractivity contribution is 5.92. The molecule has 0 bridgehead atoms. The molecule has 0 unspecified atom stereocenters. The molecule has 2 heterocycles. The Morgan fingerprint density at radius 1 is 1.27 bits per heavy atom. The van der Waals surface area contributed by atoms with Crippen molar-refractivity contribution in [3.05, 3.63) is 43.2 Å². The van der Waals surface area contributed by atoms with Gasteiger partial charge in [0.2, 0.25) is 0 Å². The Labute approximate surface area is 87.0 Å². The van der Waals surface area contributed by atoms with E-state index in [0.29, 0.717) is 0 Å². The molecule has 0 aliphatic heterocycles. The van der Waals surface area contributed by atoms with Crippen molar-refractivity contribution in [1.82, 2.24) is 14.5 Å². The van der Waals surface area contributed by atoms with Crippen molar-refractivity contribution in [3.63, 3.8) is 0 Å². The highest BCUT2D eigenvalue weighted by Crippen LogP contribution is 2.10. The van der Waals surface area contributed by atoms with E-state index in [9.17, 15) is 4.79 Å². The lowest BCUT2D eigenvalue weighted by molar-refractivity contribution is 0.249. The van der Waals surface area contributed by atoms with Crippen molar-refractivity contribution in [2.45, 2.75) is 0 Å². The summed E-state index contributed by atoms with van der Waals surface area (Å²) in [5.41, 5.74) is 0.795. The highest BCUT2D eigenvalue weighted by atomic mass is 16.2. The number of carbonyl (C=O) groups excluding carboxylic acids is 1. The molecule has 0 aliphatic carbocycles. The Hall–Kier alpha value is -2.17. The molecule has 0 aliphatic rings. The van der Waals surface area contributed by atoms with Crippen LogP contribution in [0.1, 0.15) is 0 Å². The summed E-state index contributed by atoms with van der Waals surface area (Å²) in [6, 6.07) is 3.39. The Morgan fingerprint density at radius 2 is 2.00 bits per heavy atom. The standard InChI is InChI=1S/C10H10N4O/c1-13(9-2-4-11-5-3-9)10(15)14-7-6-12-8-14/h2-8H,1H3. The molecule has 15 heavy (non-hydrogen) atoms. The Kier molecular flexibility index (Phi) is 2.45. The molecule has 0 spiro atoms. The van der Waals surface area contributed by atoms with Crippen LogP contribution in [-0.4, -0.2) is 27.6 Å². The number of nitrogens with zero attached hydrogens (tertiary/aromatic N) is 4. The smallest absolute Gasteiger partial charge is 0.297 e. The number of rotatable bonds is 1. The molecule has 2 rings (SSSR count). The van der Waals surface area contributed by atoms with Crippen LogP contribution >= 0.6 is 0 Å². The Bertz CT molecular complexity index is 438.